The van der Waals surface area contributed by atoms with E-state index < -0.39 is 23.4 Å². The van der Waals surface area contributed by atoms with Crippen LogP contribution in [0, 0.1) is 5.41 Å². The molecular weight excluding hydrogens is 237 g/mol. The molecule has 0 aromatic rings. The van der Waals surface area contributed by atoms with Crippen molar-refractivity contribution in [1.29, 1.82) is 0 Å². The van der Waals surface area contributed by atoms with Crippen LogP contribution in [0.25, 0.3) is 0 Å². The molecule has 0 aliphatic heterocycles. The van der Waals surface area contributed by atoms with Gasteiger partial charge in [0.2, 0.25) is 5.91 Å². The van der Waals surface area contributed by atoms with E-state index >= 15 is 0 Å². The fourth-order valence-corrected chi connectivity index (χ4v) is 0.982. The summed E-state index contributed by atoms with van der Waals surface area (Å²) in [6, 6.07) is 0. The Morgan fingerprint density at radius 3 is 2.35 bits per heavy atom. The van der Waals surface area contributed by atoms with Crippen molar-refractivity contribution in [2.24, 2.45) is 5.41 Å². The molecule has 0 saturated carbocycles. The summed E-state index contributed by atoms with van der Waals surface area (Å²) < 4.78 is 0. The molecule has 0 fully saturated rings. The fourth-order valence-electron chi connectivity index (χ4n) is 0.982. The molecule has 0 aromatic heterocycles. The number of aliphatic hydroxyl groups excluding tert-OH is 2. The van der Waals surface area contributed by atoms with Gasteiger partial charge >= 0.3 is 29.6 Å². The first-order valence-electron chi connectivity index (χ1n) is 5.07. The summed E-state index contributed by atoms with van der Waals surface area (Å²) in [5, 5.41) is 30.9. The van der Waals surface area contributed by atoms with E-state index in [-0.39, 0.29) is 55.6 Å². The van der Waals surface area contributed by atoms with Crippen LogP contribution in [-0.2, 0) is 9.59 Å². The smallest absolute Gasteiger partial charge is 0.550 e. The van der Waals surface area contributed by atoms with Gasteiger partial charge in [-0.1, -0.05) is 13.8 Å². The second kappa shape index (κ2) is 8.88. The van der Waals surface area contributed by atoms with E-state index in [0.717, 1.165) is 0 Å². The van der Waals surface area contributed by atoms with Gasteiger partial charge in [0.25, 0.3) is 0 Å². The van der Waals surface area contributed by atoms with Crippen LogP contribution in [0.5, 0.6) is 0 Å². The summed E-state index contributed by atoms with van der Waals surface area (Å²) in [5.41, 5.74) is -0.918. The molecule has 7 heteroatoms. The number of carbonyl (C=O) groups is 2. The van der Waals surface area contributed by atoms with Crippen LogP contribution in [0.4, 0.5) is 0 Å². The summed E-state index contributed by atoms with van der Waals surface area (Å²) in [4.78, 5) is 21.4. The van der Waals surface area contributed by atoms with Crippen molar-refractivity contribution in [3.05, 3.63) is 0 Å². The van der Waals surface area contributed by atoms with Crippen LogP contribution in [-0.4, -0.2) is 41.3 Å². The van der Waals surface area contributed by atoms with Crippen molar-refractivity contribution < 1.29 is 54.5 Å². The minimum atomic E-state index is -1.32. The van der Waals surface area contributed by atoms with Gasteiger partial charge in [0, 0.05) is 17.9 Å². The number of aliphatic carboxylic acids is 1. The summed E-state index contributed by atoms with van der Waals surface area (Å²) >= 11 is 0. The Morgan fingerprint density at radius 1 is 1.41 bits per heavy atom. The van der Waals surface area contributed by atoms with Crippen molar-refractivity contribution in [3.8, 4) is 0 Å². The van der Waals surface area contributed by atoms with Crippen molar-refractivity contribution in [3.63, 3.8) is 0 Å². The van der Waals surface area contributed by atoms with E-state index in [1.165, 1.54) is 0 Å². The molecule has 0 saturated heterocycles. The quantitative estimate of drug-likeness (QED) is 0.312. The molecule has 0 aromatic carbocycles. The zero-order chi connectivity index (χ0) is 12.8. The van der Waals surface area contributed by atoms with Gasteiger partial charge in [0.1, 0.15) is 6.10 Å². The van der Waals surface area contributed by atoms with Crippen molar-refractivity contribution in [1.82, 2.24) is 5.32 Å². The predicted octanol–water partition coefficient (Wildman–Crippen LogP) is -4.98. The molecule has 0 radical (unpaired) electrons. The minimum absolute atomic E-state index is 0. The van der Waals surface area contributed by atoms with Gasteiger partial charge in [0.05, 0.1) is 6.61 Å². The SMILES string of the molecule is CC(C)(CO)[C@H](O)C(=O)NCCCC(=O)[O-].[Na+]. The number of carboxylic acid groups (broad SMARTS) is 1. The number of carbonyl (C=O) groups excluding carboxylic acids is 2. The Hall–Kier alpha value is -0.140. The Bertz CT molecular complexity index is 257. The summed E-state index contributed by atoms with van der Waals surface area (Å²) in [6.45, 7) is 2.95. The van der Waals surface area contributed by atoms with Crippen LogP contribution in [0.2, 0.25) is 0 Å². The first-order chi connectivity index (χ1) is 7.31. The number of amides is 1. The Labute approximate surface area is 123 Å². The number of rotatable bonds is 7. The van der Waals surface area contributed by atoms with Gasteiger partial charge in [-0.05, 0) is 12.8 Å². The van der Waals surface area contributed by atoms with Gasteiger partial charge in [-0.3, -0.25) is 4.79 Å². The molecular formula is C10H18NNaO5. The van der Waals surface area contributed by atoms with Gasteiger partial charge in [-0.15, -0.1) is 0 Å². The zero-order valence-corrected chi connectivity index (χ0v) is 12.5. The van der Waals surface area contributed by atoms with Crippen molar-refractivity contribution in [2.45, 2.75) is 32.8 Å². The first-order valence-corrected chi connectivity index (χ1v) is 5.07. The maximum Gasteiger partial charge on any atom is 1.00 e. The number of hydrogen-bond donors (Lipinski definition) is 3. The van der Waals surface area contributed by atoms with Crippen LogP contribution in [0.3, 0.4) is 0 Å². The number of carboxylic acids is 1. The third-order valence-electron chi connectivity index (χ3n) is 2.25. The molecule has 1 amide bonds. The normalized spacial score (nSPS) is 12.5. The topological polar surface area (TPSA) is 110 Å². The molecule has 0 unspecified atom stereocenters. The van der Waals surface area contributed by atoms with Gasteiger partial charge < -0.3 is 25.4 Å². The number of hydrogen-bond acceptors (Lipinski definition) is 5. The van der Waals surface area contributed by atoms with Crippen LogP contribution in [0.15, 0.2) is 0 Å². The predicted molar refractivity (Wildman–Crippen MR) is 54.1 cm³/mol. The van der Waals surface area contributed by atoms with Gasteiger partial charge in [-0.25, -0.2) is 0 Å². The zero-order valence-electron chi connectivity index (χ0n) is 10.5. The molecule has 0 spiro atoms. The van der Waals surface area contributed by atoms with E-state index in [1.54, 1.807) is 13.8 Å². The third-order valence-corrected chi connectivity index (χ3v) is 2.25. The summed E-state index contributed by atoms with van der Waals surface area (Å²) in [5.74, 6) is -1.79. The van der Waals surface area contributed by atoms with Crippen LogP contribution >= 0.6 is 0 Å². The molecule has 3 N–H and O–H groups in total. The van der Waals surface area contributed by atoms with E-state index in [0.29, 0.717) is 0 Å². The fraction of sp³-hybridized carbons (Fsp3) is 0.800. The van der Waals surface area contributed by atoms with E-state index in [1.807, 2.05) is 0 Å². The Morgan fingerprint density at radius 2 is 1.94 bits per heavy atom. The van der Waals surface area contributed by atoms with E-state index in [4.69, 9.17) is 5.11 Å². The average molecular weight is 255 g/mol. The van der Waals surface area contributed by atoms with Crippen LogP contribution < -0.4 is 40.0 Å². The third kappa shape index (κ3) is 7.72. The molecule has 0 aliphatic rings. The molecule has 94 valence electrons. The minimum Gasteiger partial charge on any atom is -0.550 e. The summed E-state index contributed by atoms with van der Waals surface area (Å²) in [6.07, 6.45) is -1.21. The molecule has 0 heterocycles. The number of aliphatic hydroxyl groups is 2. The van der Waals surface area contributed by atoms with E-state index in [9.17, 15) is 19.8 Å². The maximum atomic E-state index is 11.4. The van der Waals surface area contributed by atoms with Crippen molar-refractivity contribution >= 4 is 11.9 Å². The molecule has 6 nitrogen and oxygen atoms in total. The number of nitrogens with one attached hydrogen (secondary N) is 1. The molecule has 1 atom stereocenters. The molecule has 0 rings (SSSR count). The van der Waals surface area contributed by atoms with Crippen molar-refractivity contribution in [2.75, 3.05) is 13.2 Å². The second-order valence-corrected chi connectivity index (χ2v) is 4.32. The van der Waals surface area contributed by atoms with Gasteiger partial charge in [0.15, 0.2) is 0 Å². The molecule has 17 heavy (non-hydrogen) atoms. The molecule has 0 bridgehead atoms. The maximum absolute atomic E-state index is 11.4. The van der Waals surface area contributed by atoms with E-state index in [2.05, 4.69) is 5.32 Å². The summed E-state index contributed by atoms with van der Waals surface area (Å²) in [7, 11) is 0. The largest absolute Gasteiger partial charge is 1.00 e. The average Bonchev–Trinajstić information content (AvgIpc) is 2.22. The second-order valence-electron chi connectivity index (χ2n) is 4.32. The first kappa shape index (κ1) is 19.2. The monoisotopic (exact) mass is 255 g/mol. The standard InChI is InChI=1S/C10H19NO5.Na/c1-10(2,6-12)8(15)9(16)11-5-3-4-7(13)14;/h8,12,15H,3-6H2,1-2H3,(H,11,16)(H,13,14);/q;+1/p-1/t8-;/m1./s1. The molecule has 0 aliphatic carbocycles. The Kier molecular flexibility index (Phi) is 10.0. The van der Waals surface area contributed by atoms with Gasteiger partial charge in [-0.2, -0.15) is 0 Å². The Balaban J connectivity index is 0. The van der Waals surface area contributed by atoms with Crippen LogP contribution in [0.1, 0.15) is 26.7 Å².